The van der Waals surface area contributed by atoms with Crippen LogP contribution in [0.2, 0.25) is 0 Å². The summed E-state index contributed by atoms with van der Waals surface area (Å²) in [7, 11) is 0. The van der Waals surface area contributed by atoms with Crippen molar-refractivity contribution in [3.05, 3.63) is 99.6 Å². The number of Topliss-reactive ketones (excluding diaryl/α,β-unsaturated/α-hetero) is 1. The molecule has 0 amide bonds. The van der Waals surface area contributed by atoms with E-state index in [-0.39, 0.29) is 11.3 Å². The number of pyridine rings is 1. The second kappa shape index (κ2) is 9.21. The Balaban J connectivity index is 2.03. The summed E-state index contributed by atoms with van der Waals surface area (Å²) in [6, 6.07) is 16.3. The fourth-order valence-electron chi connectivity index (χ4n) is 4.05. The quantitative estimate of drug-likeness (QED) is 0.314. The molecule has 0 N–H and O–H groups in total. The van der Waals surface area contributed by atoms with Crippen molar-refractivity contribution in [1.29, 1.82) is 5.26 Å². The van der Waals surface area contributed by atoms with E-state index in [4.69, 9.17) is 5.26 Å². The van der Waals surface area contributed by atoms with E-state index in [2.05, 4.69) is 11.2 Å². The largest absolute Gasteiger partial charge is 0.416 e. The van der Waals surface area contributed by atoms with Gasteiger partial charge in [-0.1, -0.05) is 26.8 Å². The van der Waals surface area contributed by atoms with Crippen molar-refractivity contribution in [2.75, 3.05) is 0 Å². The van der Waals surface area contributed by atoms with Gasteiger partial charge in [0.15, 0.2) is 5.78 Å². The molecule has 0 aliphatic carbocycles. The number of benzene rings is 2. The van der Waals surface area contributed by atoms with Gasteiger partial charge in [-0.2, -0.15) is 23.5 Å². The van der Waals surface area contributed by atoms with Crippen molar-refractivity contribution in [1.82, 2.24) is 14.3 Å². The van der Waals surface area contributed by atoms with E-state index in [1.807, 2.05) is 0 Å². The van der Waals surface area contributed by atoms with Crippen LogP contribution in [-0.4, -0.2) is 20.1 Å². The number of carbonyl (C=O) groups is 1. The summed E-state index contributed by atoms with van der Waals surface area (Å²) in [6.07, 6.45) is -3.07. The second-order valence-corrected chi connectivity index (χ2v) is 9.61. The Labute approximate surface area is 211 Å². The third-order valence-electron chi connectivity index (χ3n) is 5.96. The second-order valence-electron chi connectivity index (χ2n) is 9.61. The topological polar surface area (TPSA) is 80.7 Å². The van der Waals surface area contributed by atoms with Crippen LogP contribution in [0, 0.1) is 23.7 Å². The average Bonchev–Trinajstić information content (AvgIpc) is 3.33. The number of halogens is 3. The smallest absolute Gasteiger partial charge is 0.293 e. The first-order chi connectivity index (χ1) is 17.3. The van der Waals surface area contributed by atoms with E-state index in [1.165, 1.54) is 24.4 Å². The summed E-state index contributed by atoms with van der Waals surface area (Å²) < 4.78 is 43.1. The SMILES string of the molecule is Cc1c(-c2ccnn2-c2ccc(C#N)cc2)cc(C(=O)C(C)(C)C)c(=O)n1-c1cccc(C(F)(F)F)c1. The fraction of sp³-hybridized carbons (Fsp3) is 0.214. The first-order valence-corrected chi connectivity index (χ1v) is 11.4. The Bertz CT molecular complexity index is 1600. The van der Waals surface area contributed by atoms with Crippen molar-refractivity contribution in [2.45, 2.75) is 33.9 Å². The monoisotopic (exact) mass is 504 g/mol. The van der Waals surface area contributed by atoms with Crippen LogP contribution in [0.3, 0.4) is 0 Å². The predicted octanol–water partition coefficient (Wildman–Crippen LogP) is 6.12. The van der Waals surface area contributed by atoms with E-state index in [0.717, 1.165) is 16.7 Å². The molecule has 2 aromatic heterocycles. The van der Waals surface area contributed by atoms with Crippen LogP contribution < -0.4 is 5.56 Å². The number of alkyl halides is 3. The highest BCUT2D eigenvalue weighted by Gasteiger charge is 2.32. The lowest BCUT2D eigenvalue weighted by Gasteiger charge is -2.21. The minimum absolute atomic E-state index is 0.00780. The van der Waals surface area contributed by atoms with E-state index in [9.17, 15) is 22.8 Å². The normalized spacial score (nSPS) is 11.8. The van der Waals surface area contributed by atoms with E-state index in [1.54, 1.807) is 62.7 Å². The van der Waals surface area contributed by atoms with Gasteiger partial charge in [0.05, 0.1) is 40.3 Å². The number of rotatable bonds is 4. The maximum absolute atomic E-state index is 13.6. The molecule has 2 aromatic carbocycles. The molecule has 9 heteroatoms. The lowest BCUT2D eigenvalue weighted by molar-refractivity contribution is -0.137. The van der Waals surface area contributed by atoms with Crippen molar-refractivity contribution in [3.8, 4) is 28.7 Å². The van der Waals surface area contributed by atoms with Gasteiger partial charge < -0.3 is 0 Å². The van der Waals surface area contributed by atoms with Crippen LogP contribution in [0.25, 0.3) is 22.6 Å². The number of hydrogen-bond donors (Lipinski definition) is 0. The van der Waals surface area contributed by atoms with E-state index >= 15 is 0 Å². The average molecular weight is 505 g/mol. The Hall–Kier alpha value is -4.45. The molecule has 0 spiro atoms. The Morgan fingerprint density at radius 2 is 1.65 bits per heavy atom. The van der Waals surface area contributed by atoms with Gasteiger partial charge in [0, 0.05) is 22.4 Å². The summed E-state index contributed by atoms with van der Waals surface area (Å²) in [5.41, 5.74) is -0.279. The van der Waals surface area contributed by atoms with Crippen LogP contribution in [0.4, 0.5) is 13.2 Å². The zero-order valence-electron chi connectivity index (χ0n) is 20.6. The first-order valence-electron chi connectivity index (χ1n) is 11.4. The van der Waals surface area contributed by atoms with Crippen LogP contribution in [0.5, 0.6) is 0 Å². The van der Waals surface area contributed by atoms with Gasteiger partial charge in [0.1, 0.15) is 0 Å². The molecule has 4 rings (SSSR count). The highest BCUT2D eigenvalue weighted by Crippen LogP contribution is 2.32. The molecule has 0 atom stereocenters. The van der Waals surface area contributed by atoms with Gasteiger partial charge >= 0.3 is 6.18 Å². The molecular formula is C28H23F3N4O2. The summed E-state index contributed by atoms with van der Waals surface area (Å²) in [5.74, 6) is -0.441. The van der Waals surface area contributed by atoms with Crippen LogP contribution >= 0.6 is 0 Å². The summed E-state index contributed by atoms with van der Waals surface area (Å²) in [6.45, 7) is 6.62. The van der Waals surface area contributed by atoms with Crippen LogP contribution in [0.15, 0.2) is 71.7 Å². The molecule has 2 heterocycles. The van der Waals surface area contributed by atoms with Gasteiger partial charge in [-0.25, -0.2) is 4.68 Å². The zero-order valence-corrected chi connectivity index (χ0v) is 20.6. The van der Waals surface area contributed by atoms with E-state index < -0.39 is 28.5 Å². The molecule has 4 aromatic rings. The summed E-state index contributed by atoms with van der Waals surface area (Å²) >= 11 is 0. The van der Waals surface area contributed by atoms with Crippen molar-refractivity contribution < 1.29 is 18.0 Å². The molecular weight excluding hydrogens is 481 g/mol. The van der Waals surface area contributed by atoms with Crippen LogP contribution in [0.1, 0.15) is 48.0 Å². The molecule has 0 bridgehead atoms. The van der Waals surface area contributed by atoms with Gasteiger partial charge in [-0.15, -0.1) is 0 Å². The van der Waals surface area contributed by atoms with E-state index in [0.29, 0.717) is 28.2 Å². The lowest BCUT2D eigenvalue weighted by Crippen LogP contribution is -2.32. The van der Waals surface area contributed by atoms with Gasteiger partial charge in [-0.05, 0) is 61.5 Å². The third kappa shape index (κ3) is 4.83. The molecule has 0 fully saturated rings. The maximum Gasteiger partial charge on any atom is 0.416 e. The Kier molecular flexibility index (Phi) is 6.38. The predicted molar refractivity (Wildman–Crippen MR) is 133 cm³/mol. The zero-order chi connectivity index (χ0) is 27.1. The highest BCUT2D eigenvalue weighted by molar-refractivity contribution is 6.00. The molecule has 0 saturated carbocycles. The molecule has 6 nitrogen and oxygen atoms in total. The third-order valence-corrected chi connectivity index (χ3v) is 5.96. The fourth-order valence-corrected chi connectivity index (χ4v) is 4.05. The summed E-state index contributed by atoms with van der Waals surface area (Å²) in [4.78, 5) is 26.9. The molecule has 37 heavy (non-hydrogen) atoms. The number of aromatic nitrogens is 3. The lowest BCUT2D eigenvalue weighted by atomic mass is 9.86. The number of nitriles is 1. The number of ketones is 1. The molecule has 0 radical (unpaired) electrons. The molecule has 0 aliphatic heterocycles. The van der Waals surface area contributed by atoms with Crippen molar-refractivity contribution in [3.63, 3.8) is 0 Å². The van der Waals surface area contributed by atoms with Crippen molar-refractivity contribution >= 4 is 5.78 Å². The molecule has 0 saturated heterocycles. The molecule has 0 aliphatic rings. The number of nitrogens with zero attached hydrogens (tertiary/aromatic N) is 4. The number of carbonyl (C=O) groups excluding carboxylic acids is 1. The standard InChI is InChI=1S/C28H23F3N4O2/c1-17-22(24-12-13-33-35(24)20-10-8-18(16-32)9-11-20)15-23(25(36)27(2,3)4)26(37)34(17)21-7-5-6-19(14-21)28(29,30)31/h5-15H,1-4H3. The van der Waals surface area contributed by atoms with Crippen LogP contribution in [-0.2, 0) is 6.18 Å². The minimum Gasteiger partial charge on any atom is -0.293 e. The highest BCUT2D eigenvalue weighted by atomic mass is 19.4. The first kappa shape index (κ1) is 25.6. The minimum atomic E-state index is -4.61. The van der Waals surface area contributed by atoms with Crippen molar-refractivity contribution in [2.24, 2.45) is 5.41 Å². The Morgan fingerprint density at radius 3 is 2.24 bits per heavy atom. The molecule has 188 valence electrons. The Morgan fingerprint density at radius 1 is 0.973 bits per heavy atom. The maximum atomic E-state index is 13.6. The van der Waals surface area contributed by atoms with Gasteiger partial charge in [0.25, 0.3) is 5.56 Å². The van der Waals surface area contributed by atoms with Gasteiger partial charge in [-0.3, -0.25) is 14.2 Å². The summed E-state index contributed by atoms with van der Waals surface area (Å²) in [5, 5.41) is 13.5. The van der Waals surface area contributed by atoms with Gasteiger partial charge in [0.2, 0.25) is 0 Å². The molecule has 0 unspecified atom stereocenters. The number of hydrogen-bond acceptors (Lipinski definition) is 4.